The number of alkyl halides is 3. The first-order chi connectivity index (χ1) is 6.18. The summed E-state index contributed by atoms with van der Waals surface area (Å²) in [6.07, 6.45) is -3.81. The zero-order valence-corrected chi connectivity index (χ0v) is 7.74. The Morgan fingerprint density at radius 3 is 2.29 bits per heavy atom. The van der Waals surface area contributed by atoms with E-state index in [1.165, 1.54) is 0 Å². The van der Waals surface area contributed by atoms with Crippen molar-refractivity contribution in [1.29, 1.82) is 0 Å². The number of halogens is 3. The molecule has 1 aromatic rings. The van der Waals surface area contributed by atoms with E-state index in [0.717, 1.165) is 12.3 Å². The smallest absolute Gasteiger partial charge is 0.435 e. The second-order valence-corrected chi connectivity index (χ2v) is 4.28. The predicted molar refractivity (Wildman–Crippen MR) is 42.2 cm³/mol. The molecular formula is C6H6F3NO3S. The summed E-state index contributed by atoms with van der Waals surface area (Å²) in [5.41, 5.74) is 0. The molecule has 0 saturated heterocycles. The molecule has 0 aliphatic carbocycles. The van der Waals surface area contributed by atoms with Gasteiger partial charge in [0.2, 0.25) is 21.7 Å². The van der Waals surface area contributed by atoms with Gasteiger partial charge in [0.05, 0.1) is 6.26 Å². The molecule has 0 fully saturated rings. The summed E-state index contributed by atoms with van der Waals surface area (Å²) < 4.78 is 63.1. The summed E-state index contributed by atoms with van der Waals surface area (Å²) in [6.45, 7) is 0. The Bertz CT molecular complexity index is 420. The van der Waals surface area contributed by atoms with E-state index in [1.807, 2.05) is 0 Å². The summed E-state index contributed by atoms with van der Waals surface area (Å²) in [4.78, 5) is 0. The highest BCUT2D eigenvalue weighted by molar-refractivity contribution is 7.92. The maximum Gasteiger partial charge on any atom is 0.449 e. The van der Waals surface area contributed by atoms with E-state index in [0.29, 0.717) is 6.07 Å². The third-order valence-corrected chi connectivity index (χ3v) is 1.74. The summed E-state index contributed by atoms with van der Waals surface area (Å²) >= 11 is 0. The predicted octanol–water partition coefficient (Wildman–Crippen LogP) is 1.67. The molecule has 0 aliphatic heterocycles. The first-order valence-electron chi connectivity index (χ1n) is 3.33. The van der Waals surface area contributed by atoms with E-state index in [4.69, 9.17) is 0 Å². The van der Waals surface area contributed by atoms with Crippen LogP contribution in [0.5, 0.6) is 0 Å². The lowest BCUT2D eigenvalue weighted by molar-refractivity contribution is -0.152. The Morgan fingerprint density at radius 1 is 1.36 bits per heavy atom. The van der Waals surface area contributed by atoms with Crippen LogP contribution >= 0.6 is 0 Å². The number of anilines is 1. The van der Waals surface area contributed by atoms with Crippen LogP contribution in [0.15, 0.2) is 16.5 Å². The molecule has 14 heavy (non-hydrogen) atoms. The van der Waals surface area contributed by atoms with E-state index >= 15 is 0 Å². The van der Waals surface area contributed by atoms with Gasteiger partial charge in [0, 0.05) is 6.07 Å². The molecule has 1 heterocycles. The minimum atomic E-state index is -4.61. The first kappa shape index (κ1) is 10.9. The molecule has 0 atom stereocenters. The van der Waals surface area contributed by atoms with Crippen LogP contribution in [-0.4, -0.2) is 14.7 Å². The van der Waals surface area contributed by atoms with Crippen molar-refractivity contribution >= 4 is 15.9 Å². The molecule has 0 spiro atoms. The van der Waals surface area contributed by atoms with E-state index in [-0.39, 0.29) is 0 Å². The number of rotatable bonds is 2. The third-order valence-electron chi connectivity index (χ3n) is 1.17. The van der Waals surface area contributed by atoms with Crippen molar-refractivity contribution in [2.75, 3.05) is 11.0 Å². The lowest BCUT2D eigenvalue weighted by atomic mass is 10.4. The van der Waals surface area contributed by atoms with Crippen molar-refractivity contribution in [3.05, 3.63) is 17.9 Å². The molecule has 0 saturated carbocycles. The average Bonchev–Trinajstić information content (AvgIpc) is 2.29. The van der Waals surface area contributed by atoms with Gasteiger partial charge in [0.1, 0.15) is 0 Å². The molecule has 0 radical (unpaired) electrons. The van der Waals surface area contributed by atoms with Crippen molar-refractivity contribution in [3.8, 4) is 0 Å². The summed E-state index contributed by atoms with van der Waals surface area (Å²) in [5.74, 6) is -1.71. The SMILES string of the molecule is CS(=O)(=O)Nc1ccc(C(F)(F)F)o1. The quantitative estimate of drug-likeness (QED) is 0.839. The summed E-state index contributed by atoms with van der Waals surface area (Å²) in [5, 5.41) is 0. The van der Waals surface area contributed by atoms with Gasteiger partial charge < -0.3 is 4.42 Å². The molecule has 1 rings (SSSR count). The van der Waals surface area contributed by atoms with Crippen LogP contribution in [0.4, 0.5) is 19.1 Å². The maximum absolute atomic E-state index is 12.0. The molecule has 0 aliphatic rings. The van der Waals surface area contributed by atoms with Gasteiger partial charge in [0.15, 0.2) is 0 Å². The Kier molecular flexibility index (Phi) is 2.49. The fourth-order valence-corrected chi connectivity index (χ4v) is 1.20. The molecule has 4 nitrogen and oxygen atoms in total. The van der Waals surface area contributed by atoms with Gasteiger partial charge in [-0.1, -0.05) is 0 Å². The van der Waals surface area contributed by atoms with Gasteiger partial charge >= 0.3 is 6.18 Å². The highest BCUT2D eigenvalue weighted by atomic mass is 32.2. The second kappa shape index (κ2) is 3.19. The molecule has 1 aromatic heterocycles. The molecule has 0 amide bonds. The zero-order valence-electron chi connectivity index (χ0n) is 6.92. The minimum Gasteiger partial charge on any atom is -0.435 e. The number of sulfonamides is 1. The fraction of sp³-hybridized carbons (Fsp3) is 0.333. The monoisotopic (exact) mass is 229 g/mol. The van der Waals surface area contributed by atoms with Crippen LogP contribution in [0.25, 0.3) is 0 Å². The Hall–Kier alpha value is -1.18. The molecule has 1 N–H and O–H groups in total. The van der Waals surface area contributed by atoms with E-state index in [2.05, 4.69) is 4.42 Å². The zero-order chi connectivity index (χ0) is 11.0. The highest BCUT2D eigenvalue weighted by Gasteiger charge is 2.34. The first-order valence-corrected chi connectivity index (χ1v) is 5.22. The van der Waals surface area contributed by atoms with Crippen molar-refractivity contribution in [2.24, 2.45) is 0 Å². The van der Waals surface area contributed by atoms with Crippen LogP contribution in [0.2, 0.25) is 0 Å². The minimum absolute atomic E-state index is 0.458. The van der Waals surface area contributed by atoms with Gasteiger partial charge in [0.25, 0.3) is 0 Å². The standard InChI is InChI=1S/C6H6F3NO3S/c1-14(11,12)10-5-3-2-4(13-5)6(7,8)9/h2-3,10H,1H3. The van der Waals surface area contributed by atoms with Crippen LogP contribution < -0.4 is 4.72 Å². The maximum atomic E-state index is 12.0. The molecule has 8 heteroatoms. The lowest BCUT2D eigenvalue weighted by Crippen LogP contribution is -2.09. The molecule has 0 unspecified atom stereocenters. The van der Waals surface area contributed by atoms with Gasteiger partial charge in [-0.25, -0.2) is 8.42 Å². The largest absolute Gasteiger partial charge is 0.449 e. The van der Waals surface area contributed by atoms with E-state index < -0.39 is 27.8 Å². The lowest BCUT2D eigenvalue weighted by Gasteiger charge is -2.01. The number of nitrogens with one attached hydrogen (secondary N) is 1. The van der Waals surface area contributed by atoms with Crippen molar-refractivity contribution in [2.45, 2.75) is 6.18 Å². The number of hydrogen-bond donors (Lipinski definition) is 1. The number of hydrogen-bond acceptors (Lipinski definition) is 3. The molecule has 0 aromatic carbocycles. The fourth-order valence-electron chi connectivity index (χ4n) is 0.728. The van der Waals surface area contributed by atoms with E-state index in [1.54, 1.807) is 4.72 Å². The highest BCUT2D eigenvalue weighted by Crippen LogP contribution is 2.32. The van der Waals surface area contributed by atoms with Crippen molar-refractivity contribution in [1.82, 2.24) is 0 Å². The second-order valence-electron chi connectivity index (χ2n) is 2.54. The normalized spacial score (nSPS) is 12.9. The third kappa shape index (κ3) is 2.95. The van der Waals surface area contributed by atoms with E-state index in [9.17, 15) is 21.6 Å². The van der Waals surface area contributed by atoms with Crippen molar-refractivity contribution in [3.63, 3.8) is 0 Å². The Balaban J connectivity index is 2.90. The van der Waals surface area contributed by atoms with Gasteiger partial charge in [-0.3, -0.25) is 4.72 Å². The molecule has 80 valence electrons. The molecular weight excluding hydrogens is 223 g/mol. The van der Waals surface area contributed by atoms with Gasteiger partial charge in [-0.05, 0) is 6.07 Å². The summed E-state index contributed by atoms with van der Waals surface area (Å²) in [6, 6.07) is 1.54. The topological polar surface area (TPSA) is 59.3 Å². The van der Waals surface area contributed by atoms with Gasteiger partial charge in [-0.2, -0.15) is 13.2 Å². The van der Waals surface area contributed by atoms with Crippen LogP contribution in [0, 0.1) is 0 Å². The van der Waals surface area contributed by atoms with Crippen LogP contribution in [0.1, 0.15) is 5.76 Å². The van der Waals surface area contributed by atoms with Crippen molar-refractivity contribution < 1.29 is 26.0 Å². The Labute approximate surface area is 77.8 Å². The summed E-state index contributed by atoms with van der Waals surface area (Å²) in [7, 11) is -3.62. The van der Waals surface area contributed by atoms with Gasteiger partial charge in [-0.15, -0.1) is 0 Å². The van der Waals surface area contributed by atoms with Crippen LogP contribution in [-0.2, 0) is 16.2 Å². The number of furan rings is 1. The average molecular weight is 229 g/mol. The Morgan fingerprint density at radius 2 is 1.93 bits per heavy atom. The van der Waals surface area contributed by atoms with Crippen LogP contribution in [0.3, 0.4) is 0 Å². The molecule has 0 bridgehead atoms.